The van der Waals surface area contributed by atoms with Crippen molar-refractivity contribution in [2.24, 2.45) is 0 Å². The molecule has 0 aromatic rings. The highest BCUT2D eigenvalue weighted by atomic mass is 35.5. The van der Waals surface area contributed by atoms with E-state index < -0.39 is 0 Å². The summed E-state index contributed by atoms with van der Waals surface area (Å²) in [6.45, 7) is 6.51. The number of alkyl halides is 1. The van der Waals surface area contributed by atoms with Crippen LogP contribution in [0.15, 0.2) is 0 Å². The number of likely N-dealkylation sites (N-methyl/N-ethyl adjacent to an activating group) is 2. The molecule has 0 aliphatic carbocycles. The maximum atomic E-state index is 5.64. The van der Waals surface area contributed by atoms with Crippen LogP contribution in [0.4, 0.5) is 0 Å². The van der Waals surface area contributed by atoms with Crippen molar-refractivity contribution in [2.75, 3.05) is 46.2 Å². The molecule has 0 saturated carbocycles. The Morgan fingerprint density at radius 2 is 1.73 bits per heavy atom. The fraction of sp³-hybridized carbons (Fsp3) is 1.00. The van der Waals surface area contributed by atoms with Gasteiger partial charge in [-0.3, -0.25) is 0 Å². The zero-order valence-electron chi connectivity index (χ0n) is 7.81. The second-order valence-corrected chi connectivity index (χ2v) is 3.30. The van der Waals surface area contributed by atoms with E-state index in [9.17, 15) is 0 Å². The third kappa shape index (κ3) is 6.60. The summed E-state index contributed by atoms with van der Waals surface area (Å²) in [6, 6.07) is 0. The number of nitrogens with zero attached hydrogens (tertiary/aromatic N) is 2. The fourth-order valence-electron chi connectivity index (χ4n) is 0.889. The minimum atomic E-state index is 0.737. The van der Waals surface area contributed by atoms with Crippen molar-refractivity contribution in [3.8, 4) is 0 Å². The minimum Gasteiger partial charge on any atom is -0.308 e. The van der Waals surface area contributed by atoms with Gasteiger partial charge in [0.1, 0.15) is 0 Å². The Hall–Kier alpha value is 0.210. The van der Waals surface area contributed by atoms with Crippen LogP contribution in [0.2, 0.25) is 0 Å². The van der Waals surface area contributed by atoms with Gasteiger partial charge in [0.25, 0.3) is 0 Å². The summed E-state index contributed by atoms with van der Waals surface area (Å²) in [6.07, 6.45) is 0. The van der Waals surface area contributed by atoms with Crippen molar-refractivity contribution in [2.45, 2.75) is 6.92 Å². The van der Waals surface area contributed by atoms with E-state index in [-0.39, 0.29) is 0 Å². The SMILES string of the molecule is CCN(CCCl)CCN(C)C. The van der Waals surface area contributed by atoms with Gasteiger partial charge in [0.2, 0.25) is 0 Å². The number of rotatable bonds is 6. The molecule has 0 unspecified atom stereocenters. The predicted octanol–water partition coefficient (Wildman–Crippen LogP) is 1.11. The molecule has 0 spiro atoms. The van der Waals surface area contributed by atoms with Gasteiger partial charge in [-0.1, -0.05) is 6.92 Å². The molecule has 11 heavy (non-hydrogen) atoms. The van der Waals surface area contributed by atoms with E-state index >= 15 is 0 Å². The Balaban J connectivity index is 3.35. The average molecular weight is 179 g/mol. The summed E-state index contributed by atoms with van der Waals surface area (Å²) in [5, 5.41) is 0. The smallest absolute Gasteiger partial charge is 0.0351 e. The Morgan fingerprint density at radius 1 is 1.09 bits per heavy atom. The normalized spacial score (nSPS) is 11.5. The summed E-state index contributed by atoms with van der Waals surface area (Å²) in [7, 11) is 4.18. The van der Waals surface area contributed by atoms with Gasteiger partial charge in [0.05, 0.1) is 0 Å². The van der Waals surface area contributed by atoms with Gasteiger partial charge < -0.3 is 9.80 Å². The summed E-state index contributed by atoms with van der Waals surface area (Å²) >= 11 is 5.64. The van der Waals surface area contributed by atoms with Crippen LogP contribution in [-0.2, 0) is 0 Å². The van der Waals surface area contributed by atoms with E-state index in [0.29, 0.717) is 0 Å². The van der Waals surface area contributed by atoms with Gasteiger partial charge in [-0.25, -0.2) is 0 Å². The summed E-state index contributed by atoms with van der Waals surface area (Å²) in [5.41, 5.74) is 0. The van der Waals surface area contributed by atoms with Gasteiger partial charge >= 0.3 is 0 Å². The molecule has 0 radical (unpaired) electrons. The molecule has 3 heteroatoms. The lowest BCUT2D eigenvalue weighted by atomic mass is 10.4. The van der Waals surface area contributed by atoms with E-state index in [1.54, 1.807) is 0 Å². The van der Waals surface area contributed by atoms with E-state index in [4.69, 9.17) is 11.6 Å². The molecular formula is C8H19ClN2. The molecule has 0 aromatic carbocycles. The number of hydrogen-bond donors (Lipinski definition) is 0. The lowest BCUT2D eigenvalue weighted by molar-refractivity contribution is 0.263. The van der Waals surface area contributed by atoms with Crippen LogP contribution in [0, 0.1) is 0 Å². The Morgan fingerprint density at radius 3 is 2.09 bits per heavy atom. The molecule has 0 N–H and O–H groups in total. The quantitative estimate of drug-likeness (QED) is 0.563. The van der Waals surface area contributed by atoms with E-state index in [1.165, 1.54) is 0 Å². The van der Waals surface area contributed by atoms with Crippen LogP contribution < -0.4 is 0 Å². The van der Waals surface area contributed by atoms with Crippen molar-refractivity contribution in [3.63, 3.8) is 0 Å². The maximum absolute atomic E-state index is 5.64. The molecule has 0 saturated heterocycles. The highest BCUT2D eigenvalue weighted by Gasteiger charge is 2.00. The highest BCUT2D eigenvalue weighted by Crippen LogP contribution is 1.89. The molecule has 0 amide bonds. The lowest BCUT2D eigenvalue weighted by Crippen LogP contribution is -2.32. The zero-order valence-corrected chi connectivity index (χ0v) is 8.56. The molecule has 0 atom stereocenters. The predicted molar refractivity (Wildman–Crippen MR) is 51.4 cm³/mol. The Kier molecular flexibility index (Phi) is 7.02. The molecule has 0 aliphatic heterocycles. The molecule has 0 fully saturated rings. The van der Waals surface area contributed by atoms with Crippen LogP contribution in [0.5, 0.6) is 0 Å². The maximum Gasteiger partial charge on any atom is 0.0351 e. The first-order chi connectivity index (χ1) is 5.20. The second kappa shape index (κ2) is 6.89. The lowest BCUT2D eigenvalue weighted by Gasteiger charge is -2.20. The molecular weight excluding hydrogens is 160 g/mol. The minimum absolute atomic E-state index is 0.737. The number of halogens is 1. The van der Waals surface area contributed by atoms with Crippen LogP contribution in [0.25, 0.3) is 0 Å². The molecule has 68 valence electrons. The van der Waals surface area contributed by atoms with Gasteiger partial charge in [-0.15, -0.1) is 11.6 Å². The molecule has 2 nitrogen and oxygen atoms in total. The standard InChI is InChI=1S/C8H19ClN2/c1-4-11(6-5-9)8-7-10(2)3/h4-8H2,1-3H3. The van der Waals surface area contributed by atoms with Gasteiger partial charge in [-0.2, -0.15) is 0 Å². The first-order valence-corrected chi connectivity index (χ1v) is 4.67. The molecule has 0 aliphatic rings. The first-order valence-electron chi connectivity index (χ1n) is 4.13. The van der Waals surface area contributed by atoms with E-state index in [0.717, 1.165) is 32.1 Å². The summed E-state index contributed by atoms with van der Waals surface area (Å²) < 4.78 is 0. The van der Waals surface area contributed by atoms with Crippen molar-refractivity contribution in [1.82, 2.24) is 9.80 Å². The third-order valence-corrected chi connectivity index (χ3v) is 1.88. The van der Waals surface area contributed by atoms with Crippen LogP contribution >= 0.6 is 11.6 Å². The first kappa shape index (κ1) is 11.2. The number of hydrogen-bond acceptors (Lipinski definition) is 2. The summed E-state index contributed by atoms with van der Waals surface area (Å²) in [5.74, 6) is 0.737. The van der Waals surface area contributed by atoms with Crippen LogP contribution in [0.3, 0.4) is 0 Å². The molecule has 0 rings (SSSR count). The monoisotopic (exact) mass is 178 g/mol. The topological polar surface area (TPSA) is 6.48 Å². The van der Waals surface area contributed by atoms with Crippen LogP contribution in [-0.4, -0.2) is 56.0 Å². The van der Waals surface area contributed by atoms with E-state index in [1.807, 2.05) is 0 Å². The van der Waals surface area contributed by atoms with Crippen molar-refractivity contribution >= 4 is 11.6 Å². The third-order valence-electron chi connectivity index (χ3n) is 1.71. The fourth-order valence-corrected chi connectivity index (χ4v) is 1.13. The van der Waals surface area contributed by atoms with Crippen molar-refractivity contribution in [3.05, 3.63) is 0 Å². The zero-order chi connectivity index (χ0) is 8.69. The Labute approximate surface area is 75.1 Å². The summed E-state index contributed by atoms with van der Waals surface area (Å²) in [4.78, 5) is 4.55. The van der Waals surface area contributed by atoms with E-state index in [2.05, 4.69) is 30.8 Å². The van der Waals surface area contributed by atoms with Gasteiger partial charge in [0.15, 0.2) is 0 Å². The largest absolute Gasteiger partial charge is 0.308 e. The van der Waals surface area contributed by atoms with Gasteiger partial charge in [-0.05, 0) is 20.6 Å². The average Bonchev–Trinajstić information content (AvgIpc) is 1.97. The van der Waals surface area contributed by atoms with Crippen LogP contribution in [0.1, 0.15) is 6.92 Å². The Bertz CT molecular complexity index is 86.2. The highest BCUT2D eigenvalue weighted by molar-refractivity contribution is 6.18. The second-order valence-electron chi connectivity index (χ2n) is 2.93. The van der Waals surface area contributed by atoms with Crippen molar-refractivity contribution in [1.29, 1.82) is 0 Å². The van der Waals surface area contributed by atoms with Crippen molar-refractivity contribution < 1.29 is 0 Å². The van der Waals surface area contributed by atoms with Gasteiger partial charge in [0, 0.05) is 25.5 Å². The molecule has 0 bridgehead atoms. The molecule has 0 heterocycles. The molecule has 0 aromatic heterocycles.